The second kappa shape index (κ2) is 3.62. The molecule has 0 bridgehead atoms. The van der Waals surface area contributed by atoms with Crippen molar-refractivity contribution in [3.05, 3.63) is 48.7 Å². The van der Waals surface area contributed by atoms with E-state index in [0.29, 0.717) is 11.1 Å². The SMILES string of the molecule is C=C(/C=C/N)c1ccccc1O. The predicted molar refractivity (Wildman–Crippen MR) is 50.5 cm³/mol. The first kappa shape index (κ1) is 8.40. The summed E-state index contributed by atoms with van der Waals surface area (Å²) < 4.78 is 0. The number of benzene rings is 1. The van der Waals surface area contributed by atoms with Crippen molar-refractivity contribution in [3.8, 4) is 5.75 Å². The van der Waals surface area contributed by atoms with Crippen molar-refractivity contribution in [2.24, 2.45) is 5.73 Å². The summed E-state index contributed by atoms with van der Waals surface area (Å²) in [7, 11) is 0. The zero-order valence-corrected chi connectivity index (χ0v) is 6.70. The number of phenolic OH excluding ortho intramolecular Hbond substituents is 1. The molecule has 0 fully saturated rings. The molecule has 0 aliphatic heterocycles. The van der Waals surface area contributed by atoms with Crippen LogP contribution in [0.2, 0.25) is 0 Å². The van der Waals surface area contributed by atoms with Crippen LogP contribution in [0.3, 0.4) is 0 Å². The van der Waals surface area contributed by atoms with Gasteiger partial charge in [-0.3, -0.25) is 0 Å². The molecule has 0 aliphatic carbocycles. The lowest BCUT2D eigenvalue weighted by Gasteiger charge is -2.01. The minimum atomic E-state index is 0.223. The van der Waals surface area contributed by atoms with Gasteiger partial charge < -0.3 is 10.8 Å². The second-order valence-corrected chi connectivity index (χ2v) is 2.40. The van der Waals surface area contributed by atoms with Crippen molar-refractivity contribution < 1.29 is 5.11 Å². The van der Waals surface area contributed by atoms with Gasteiger partial charge in [-0.1, -0.05) is 24.8 Å². The van der Waals surface area contributed by atoms with Gasteiger partial charge in [-0.05, 0) is 23.9 Å². The van der Waals surface area contributed by atoms with Crippen molar-refractivity contribution in [2.75, 3.05) is 0 Å². The normalized spacial score (nSPS) is 10.3. The van der Waals surface area contributed by atoms with Crippen molar-refractivity contribution >= 4 is 5.57 Å². The molecule has 1 aromatic rings. The molecule has 0 unspecified atom stereocenters. The summed E-state index contributed by atoms with van der Waals surface area (Å²) in [4.78, 5) is 0. The maximum absolute atomic E-state index is 9.37. The van der Waals surface area contributed by atoms with Crippen LogP contribution in [0.5, 0.6) is 5.75 Å². The molecule has 1 rings (SSSR count). The van der Waals surface area contributed by atoms with E-state index in [1.165, 1.54) is 6.20 Å². The van der Waals surface area contributed by atoms with E-state index in [9.17, 15) is 5.11 Å². The summed E-state index contributed by atoms with van der Waals surface area (Å²) in [6.45, 7) is 3.75. The zero-order chi connectivity index (χ0) is 8.97. The average molecular weight is 161 g/mol. The van der Waals surface area contributed by atoms with Crippen LogP contribution in [0.15, 0.2) is 43.1 Å². The van der Waals surface area contributed by atoms with Crippen LogP contribution in [0.1, 0.15) is 5.56 Å². The van der Waals surface area contributed by atoms with Crippen LogP contribution in [0.4, 0.5) is 0 Å². The van der Waals surface area contributed by atoms with Gasteiger partial charge in [0.2, 0.25) is 0 Å². The summed E-state index contributed by atoms with van der Waals surface area (Å²) in [5.41, 5.74) is 6.61. The van der Waals surface area contributed by atoms with Crippen LogP contribution in [0, 0.1) is 0 Å². The summed E-state index contributed by atoms with van der Waals surface area (Å²) in [6.07, 6.45) is 3.05. The lowest BCUT2D eigenvalue weighted by atomic mass is 10.1. The van der Waals surface area contributed by atoms with Crippen LogP contribution in [-0.4, -0.2) is 5.11 Å². The molecule has 2 heteroatoms. The Kier molecular flexibility index (Phi) is 2.53. The molecule has 1 aromatic carbocycles. The molecule has 0 radical (unpaired) electrons. The third-order valence-electron chi connectivity index (χ3n) is 1.55. The Labute approximate surface area is 71.6 Å². The molecule has 3 N–H and O–H groups in total. The van der Waals surface area contributed by atoms with Gasteiger partial charge in [-0.15, -0.1) is 0 Å². The van der Waals surface area contributed by atoms with E-state index in [0.717, 1.165) is 0 Å². The summed E-state index contributed by atoms with van der Waals surface area (Å²) in [5.74, 6) is 0.223. The fourth-order valence-electron chi connectivity index (χ4n) is 0.951. The van der Waals surface area contributed by atoms with E-state index in [-0.39, 0.29) is 5.75 Å². The van der Waals surface area contributed by atoms with E-state index in [1.54, 1.807) is 24.3 Å². The minimum absolute atomic E-state index is 0.223. The fourth-order valence-corrected chi connectivity index (χ4v) is 0.951. The Bertz CT molecular complexity index is 315. The van der Waals surface area contributed by atoms with Crippen molar-refractivity contribution in [1.29, 1.82) is 0 Å². The summed E-state index contributed by atoms with van der Waals surface area (Å²) in [5, 5.41) is 9.37. The molecule has 0 saturated heterocycles. The van der Waals surface area contributed by atoms with Crippen LogP contribution in [0.25, 0.3) is 5.57 Å². The molecule has 0 aliphatic rings. The molecular weight excluding hydrogens is 150 g/mol. The molecule has 0 spiro atoms. The number of aromatic hydroxyl groups is 1. The summed E-state index contributed by atoms with van der Waals surface area (Å²) >= 11 is 0. The summed E-state index contributed by atoms with van der Waals surface area (Å²) in [6, 6.07) is 7.01. The molecule has 0 aromatic heterocycles. The van der Waals surface area contributed by atoms with Crippen LogP contribution >= 0.6 is 0 Å². The largest absolute Gasteiger partial charge is 0.507 e. The van der Waals surface area contributed by atoms with Gasteiger partial charge in [-0.25, -0.2) is 0 Å². The van der Waals surface area contributed by atoms with Crippen molar-refractivity contribution in [3.63, 3.8) is 0 Å². The van der Waals surface area contributed by atoms with E-state index < -0.39 is 0 Å². The molecule has 0 atom stereocenters. The zero-order valence-electron chi connectivity index (χ0n) is 6.70. The Morgan fingerprint density at radius 2 is 2.08 bits per heavy atom. The minimum Gasteiger partial charge on any atom is -0.507 e. The lowest BCUT2D eigenvalue weighted by Crippen LogP contribution is -1.82. The molecule has 0 heterocycles. The predicted octanol–water partition coefficient (Wildman–Crippen LogP) is 1.88. The van der Waals surface area contributed by atoms with E-state index >= 15 is 0 Å². The highest BCUT2D eigenvalue weighted by Crippen LogP contribution is 2.23. The number of allylic oxidation sites excluding steroid dienone is 2. The molecule has 0 amide bonds. The van der Waals surface area contributed by atoms with Gasteiger partial charge in [-0.2, -0.15) is 0 Å². The highest BCUT2D eigenvalue weighted by molar-refractivity contribution is 5.75. The third kappa shape index (κ3) is 1.66. The van der Waals surface area contributed by atoms with Gasteiger partial charge in [0.05, 0.1) is 0 Å². The second-order valence-electron chi connectivity index (χ2n) is 2.40. The van der Waals surface area contributed by atoms with Gasteiger partial charge in [0.1, 0.15) is 5.75 Å². The Morgan fingerprint density at radius 1 is 1.42 bits per heavy atom. The van der Waals surface area contributed by atoms with E-state index in [4.69, 9.17) is 5.73 Å². The number of nitrogens with two attached hydrogens (primary N) is 1. The number of rotatable bonds is 2. The number of hydrogen-bond acceptors (Lipinski definition) is 2. The van der Waals surface area contributed by atoms with E-state index in [2.05, 4.69) is 6.58 Å². The highest BCUT2D eigenvalue weighted by Gasteiger charge is 1.99. The van der Waals surface area contributed by atoms with Gasteiger partial charge in [0, 0.05) is 5.56 Å². The Balaban J connectivity index is 3.03. The molecule has 2 nitrogen and oxygen atoms in total. The monoisotopic (exact) mass is 161 g/mol. The van der Waals surface area contributed by atoms with Crippen molar-refractivity contribution in [2.45, 2.75) is 0 Å². The average Bonchev–Trinajstić information content (AvgIpc) is 2.05. The maximum atomic E-state index is 9.37. The topological polar surface area (TPSA) is 46.2 Å². The Hall–Kier alpha value is -1.70. The van der Waals surface area contributed by atoms with Crippen LogP contribution < -0.4 is 5.73 Å². The number of phenols is 1. The first-order valence-electron chi connectivity index (χ1n) is 3.61. The molecule has 0 saturated carbocycles. The van der Waals surface area contributed by atoms with Gasteiger partial charge in [0.15, 0.2) is 0 Å². The number of hydrogen-bond donors (Lipinski definition) is 2. The van der Waals surface area contributed by atoms with Gasteiger partial charge >= 0.3 is 0 Å². The molecule has 12 heavy (non-hydrogen) atoms. The maximum Gasteiger partial charge on any atom is 0.123 e. The molecule has 62 valence electrons. The first-order chi connectivity index (χ1) is 5.75. The standard InChI is InChI=1S/C10H11NO/c1-8(6-7-11)9-4-2-3-5-10(9)12/h2-7,12H,1,11H2/b7-6+. The van der Waals surface area contributed by atoms with Gasteiger partial charge in [0.25, 0.3) is 0 Å². The van der Waals surface area contributed by atoms with E-state index in [1.807, 2.05) is 6.07 Å². The lowest BCUT2D eigenvalue weighted by molar-refractivity contribution is 0.474. The smallest absolute Gasteiger partial charge is 0.123 e. The quantitative estimate of drug-likeness (QED) is 0.650. The number of para-hydroxylation sites is 1. The van der Waals surface area contributed by atoms with Crippen LogP contribution in [-0.2, 0) is 0 Å². The third-order valence-corrected chi connectivity index (χ3v) is 1.55. The first-order valence-corrected chi connectivity index (χ1v) is 3.61. The van der Waals surface area contributed by atoms with Crippen molar-refractivity contribution in [1.82, 2.24) is 0 Å². The fraction of sp³-hybridized carbons (Fsp3) is 0. The molecular formula is C10H11NO. The Morgan fingerprint density at radius 3 is 2.67 bits per heavy atom. The highest BCUT2D eigenvalue weighted by atomic mass is 16.3.